The van der Waals surface area contributed by atoms with Gasteiger partial charge in [-0.3, -0.25) is 4.79 Å². The number of nitrogens with zero attached hydrogens (tertiary/aromatic N) is 1. The van der Waals surface area contributed by atoms with Crippen molar-refractivity contribution in [3.05, 3.63) is 28.2 Å². The Balaban J connectivity index is 2.30. The molecular formula is C15H20BrNO3S. The van der Waals surface area contributed by atoms with E-state index in [9.17, 15) is 13.2 Å². The van der Waals surface area contributed by atoms with Crippen molar-refractivity contribution in [1.29, 1.82) is 0 Å². The van der Waals surface area contributed by atoms with Crippen molar-refractivity contribution in [2.24, 2.45) is 0 Å². The van der Waals surface area contributed by atoms with Gasteiger partial charge in [-0.25, -0.2) is 8.42 Å². The number of sulfone groups is 1. The molecule has 0 bridgehead atoms. The average Bonchev–Trinajstić information content (AvgIpc) is 2.44. The van der Waals surface area contributed by atoms with Gasteiger partial charge in [0.1, 0.15) is 5.25 Å². The van der Waals surface area contributed by atoms with Crippen LogP contribution >= 0.6 is 15.9 Å². The van der Waals surface area contributed by atoms with Crippen LogP contribution in [0.3, 0.4) is 0 Å². The first-order valence-electron chi connectivity index (χ1n) is 7.18. The van der Waals surface area contributed by atoms with Gasteiger partial charge in [0.2, 0.25) is 5.91 Å². The minimum absolute atomic E-state index is 0.0565. The van der Waals surface area contributed by atoms with Gasteiger partial charge in [0, 0.05) is 16.7 Å². The molecule has 1 atom stereocenters. The molecule has 1 aliphatic heterocycles. The third-order valence-electron chi connectivity index (χ3n) is 3.80. The molecule has 1 amide bonds. The molecule has 21 heavy (non-hydrogen) atoms. The van der Waals surface area contributed by atoms with Crippen molar-refractivity contribution in [2.75, 3.05) is 17.2 Å². The molecule has 0 fully saturated rings. The molecule has 1 unspecified atom stereocenters. The Labute approximate surface area is 134 Å². The summed E-state index contributed by atoms with van der Waals surface area (Å²) in [5.74, 6) is -0.257. The van der Waals surface area contributed by atoms with E-state index in [4.69, 9.17) is 0 Å². The molecule has 1 aromatic rings. The lowest BCUT2D eigenvalue weighted by Crippen LogP contribution is -2.44. The number of aryl methyl sites for hydroxylation is 1. The predicted octanol–water partition coefficient (Wildman–Crippen LogP) is 2.94. The van der Waals surface area contributed by atoms with Gasteiger partial charge in [-0.2, -0.15) is 0 Å². The zero-order valence-corrected chi connectivity index (χ0v) is 14.7. The monoisotopic (exact) mass is 373 g/mol. The first kappa shape index (κ1) is 16.5. The molecule has 4 nitrogen and oxygen atoms in total. The van der Waals surface area contributed by atoms with Gasteiger partial charge in [0.25, 0.3) is 0 Å². The normalized spacial score (nSPS) is 16.4. The molecule has 2 rings (SSSR count). The number of carbonyl (C=O) groups is 1. The largest absolute Gasteiger partial charge is 0.311 e. The molecule has 0 saturated carbocycles. The Morgan fingerprint density at radius 3 is 2.81 bits per heavy atom. The summed E-state index contributed by atoms with van der Waals surface area (Å²) in [4.78, 5) is 14.2. The molecule has 0 aliphatic carbocycles. The minimum atomic E-state index is -3.37. The van der Waals surface area contributed by atoms with Crippen LogP contribution in [0.4, 0.5) is 5.69 Å². The second kappa shape index (κ2) is 6.48. The van der Waals surface area contributed by atoms with Gasteiger partial charge < -0.3 is 4.90 Å². The highest BCUT2D eigenvalue weighted by Crippen LogP contribution is 2.30. The standard InChI is InChI=1S/C15H20BrNO3S/c1-3-9-21(19,20)11(2)15(18)17-8-4-5-12-10-13(16)6-7-14(12)17/h6-7,10-11H,3-5,8-9H2,1-2H3. The fourth-order valence-electron chi connectivity index (χ4n) is 2.63. The number of fused-ring (bicyclic) bond motifs is 1. The van der Waals surface area contributed by atoms with E-state index >= 15 is 0 Å². The predicted molar refractivity (Wildman–Crippen MR) is 88.4 cm³/mol. The van der Waals surface area contributed by atoms with Crippen LogP contribution in [0.5, 0.6) is 0 Å². The maximum atomic E-state index is 12.6. The molecular weight excluding hydrogens is 354 g/mol. The third kappa shape index (κ3) is 3.48. The van der Waals surface area contributed by atoms with E-state index in [-0.39, 0.29) is 11.7 Å². The van der Waals surface area contributed by atoms with E-state index in [2.05, 4.69) is 15.9 Å². The Morgan fingerprint density at radius 2 is 2.14 bits per heavy atom. The van der Waals surface area contributed by atoms with Crippen LogP contribution in [0, 0.1) is 0 Å². The number of benzene rings is 1. The van der Waals surface area contributed by atoms with Crippen molar-refractivity contribution in [3.63, 3.8) is 0 Å². The quantitative estimate of drug-likeness (QED) is 0.814. The van der Waals surface area contributed by atoms with Gasteiger partial charge in [-0.15, -0.1) is 0 Å². The van der Waals surface area contributed by atoms with Crippen molar-refractivity contribution in [1.82, 2.24) is 0 Å². The maximum Gasteiger partial charge on any atom is 0.245 e. The maximum absolute atomic E-state index is 12.6. The van der Waals surface area contributed by atoms with Crippen LogP contribution in [-0.2, 0) is 21.1 Å². The summed E-state index contributed by atoms with van der Waals surface area (Å²) in [6, 6.07) is 5.77. The van der Waals surface area contributed by atoms with Crippen molar-refractivity contribution in [3.8, 4) is 0 Å². The van der Waals surface area contributed by atoms with Crippen molar-refractivity contribution < 1.29 is 13.2 Å². The number of rotatable bonds is 4. The number of hydrogen-bond acceptors (Lipinski definition) is 3. The minimum Gasteiger partial charge on any atom is -0.311 e. The summed E-state index contributed by atoms with van der Waals surface area (Å²) in [6.45, 7) is 3.89. The van der Waals surface area contributed by atoms with Crippen LogP contribution in [0.15, 0.2) is 22.7 Å². The smallest absolute Gasteiger partial charge is 0.245 e. The van der Waals surface area contributed by atoms with E-state index in [1.54, 1.807) is 4.90 Å². The molecule has 116 valence electrons. The Hall–Kier alpha value is -0.880. The van der Waals surface area contributed by atoms with Crippen LogP contribution in [0.1, 0.15) is 32.3 Å². The SMILES string of the molecule is CCCS(=O)(=O)C(C)C(=O)N1CCCc2cc(Br)ccc21. The molecule has 0 radical (unpaired) electrons. The zero-order valence-electron chi connectivity index (χ0n) is 12.3. The molecule has 0 spiro atoms. The van der Waals surface area contributed by atoms with E-state index in [0.717, 1.165) is 28.6 Å². The molecule has 0 saturated heterocycles. The number of anilines is 1. The summed E-state index contributed by atoms with van der Waals surface area (Å²) in [5, 5.41) is -0.980. The van der Waals surface area contributed by atoms with E-state index in [1.807, 2.05) is 25.1 Å². The third-order valence-corrected chi connectivity index (χ3v) is 6.55. The second-order valence-electron chi connectivity index (χ2n) is 5.38. The Kier molecular flexibility index (Phi) is 5.09. The number of hydrogen-bond donors (Lipinski definition) is 0. The molecule has 0 N–H and O–H groups in total. The van der Waals surface area contributed by atoms with Crippen LogP contribution < -0.4 is 4.90 Å². The lowest BCUT2D eigenvalue weighted by atomic mass is 10.0. The molecule has 1 aromatic carbocycles. The number of halogens is 1. The van der Waals surface area contributed by atoms with Gasteiger partial charge in [0.15, 0.2) is 9.84 Å². The molecule has 6 heteroatoms. The first-order valence-corrected chi connectivity index (χ1v) is 9.69. The fourth-order valence-corrected chi connectivity index (χ4v) is 4.39. The highest BCUT2D eigenvalue weighted by Gasteiger charge is 2.33. The van der Waals surface area contributed by atoms with E-state index < -0.39 is 15.1 Å². The Morgan fingerprint density at radius 1 is 1.43 bits per heavy atom. The van der Waals surface area contributed by atoms with Crippen LogP contribution in [-0.4, -0.2) is 31.9 Å². The highest BCUT2D eigenvalue weighted by atomic mass is 79.9. The fraction of sp³-hybridized carbons (Fsp3) is 0.533. The van der Waals surface area contributed by atoms with Crippen molar-refractivity contribution in [2.45, 2.75) is 38.4 Å². The molecule has 1 aliphatic rings. The summed E-state index contributed by atoms with van der Waals surface area (Å²) < 4.78 is 25.2. The van der Waals surface area contributed by atoms with Crippen molar-refractivity contribution >= 4 is 37.4 Å². The molecule has 0 aromatic heterocycles. The Bertz CT molecular complexity index is 642. The second-order valence-corrected chi connectivity index (χ2v) is 8.73. The van der Waals surface area contributed by atoms with Crippen LogP contribution in [0.2, 0.25) is 0 Å². The summed E-state index contributed by atoms with van der Waals surface area (Å²) >= 11 is 3.43. The lowest BCUT2D eigenvalue weighted by Gasteiger charge is -2.31. The zero-order chi connectivity index (χ0) is 15.6. The summed E-state index contributed by atoms with van der Waals surface area (Å²) in [5.41, 5.74) is 1.93. The number of amides is 1. The lowest BCUT2D eigenvalue weighted by molar-refractivity contribution is -0.118. The highest BCUT2D eigenvalue weighted by molar-refractivity contribution is 9.10. The van der Waals surface area contributed by atoms with Gasteiger partial charge in [0.05, 0.1) is 5.75 Å². The van der Waals surface area contributed by atoms with Crippen LogP contribution in [0.25, 0.3) is 0 Å². The first-order chi connectivity index (χ1) is 9.86. The van der Waals surface area contributed by atoms with E-state index in [0.29, 0.717) is 13.0 Å². The average molecular weight is 374 g/mol. The topological polar surface area (TPSA) is 54.5 Å². The van der Waals surface area contributed by atoms with Gasteiger partial charge >= 0.3 is 0 Å². The summed E-state index contributed by atoms with van der Waals surface area (Å²) in [6.07, 6.45) is 2.30. The number of carbonyl (C=O) groups excluding carboxylic acids is 1. The van der Waals surface area contributed by atoms with E-state index in [1.165, 1.54) is 6.92 Å². The van der Waals surface area contributed by atoms with Gasteiger partial charge in [-0.1, -0.05) is 22.9 Å². The van der Waals surface area contributed by atoms with Gasteiger partial charge in [-0.05, 0) is 49.9 Å². The molecule has 1 heterocycles. The summed E-state index contributed by atoms with van der Waals surface area (Å²) in [7, 11) is -3.37.